The largest absolute Gasteiger partial charge is 0.482 e. The van der Waals surface area contributed by atoms with Gasteiger partial charge in [-0.1, -0.05) is 24.3 Å². The van der Waals surface area contributed by atoms with Crippen LogP contribution in [0, 0.1) is 0 Å². The van der Waals surface area contributed by atoms with Crippen molar-refractivity contribution in [1.82, 2.24) is 4.90 Å². The van der Waals surface area contributed by atoms with Crippen LogP contribution in [-0.4, -0.2) is 31.0 Å². The summed E-state index contributed by atoms with van der Waals surface area (Å²) in [4.78, 5) is 13.3. The van der Waals surface area contributed by atoms with Gasteiger partial charge in [-0.25, -0.2) is 0 Å². The number of nitrogens with two attached hydrogens (primary N) is 1. The van der Waals surface area contributed by atoms with Gasteiger partial charge in [0.25, 0.3) is 5.91 Å². The minimum absolute atomic E-state index is 0.0159. The Bertz CT molecular complexity index is 416. The molecule has 1 rings (SSSR count). The summed E-state index contributed by atoms with van der Waals surface area (Å²) in [5, 5.41) is 0. The summed E-state index contributed by atoms with van der Waals surface area (Å²) in [6, 6.07) is 7.10. The summed E-state index contributed by atoms with van der Waals surface area (Å²) in [5.74, 6) is 0.431. The van der Waals surface area contributed by atoms with E-state index in [2.05, 4.69) is 6.58 Å². The maximum absolute atomic E-state index is 11.7. The van der Waals surface area contributed by atoms with Gasteiger partial charge in [0, 0.05) is 13.6 Å². The Morgan fingerprint density at radius 2 is 2.12 bits per heavy atom. The van der Waals surface area contributed by atoms with E-state index in [1.165, 1.54) is 0 Å². The number of hydrogen-bond donors (Lipinski definition) is 1. The third-order valence-electron chi connectivity index (χ3n) is 2.20. The number of likely N-dealkylation sites (N-methyl/N-ethyl adjacent to an activating group) is 1. The lowest BCUT2D eigenvalue weighted by Gasteiger charge is -2.17. The molecule has 0 radical (unpaired) electrons. The zero-order chi connectivity index (χ0) is 12.8. The van der Waals surface area contributed by atoms with E-state index in [9.17, 15) is 4.79 Å². The molecule has 1 aromatic carbocycles. The van der Waals surface area contributed by atoms with Crippen molar-refractivity contribution in [3.05, 3.63) is 36.4 Å². The highest BCUT2D eigenvalue weighted by atomic mass is 16.5. The fourth-order valence-corrected chi connectivity index (χ4v) is 1.35. The van der Waals surface area contributed by atoms with Gasteiger partial charge in [0.05, 0.1) is 5.69 Å². The maximum Gasteiger partial charge on any atom is 0.260 e. The molecule has 0 aliphatic rings. The zero-order valence-electron chi connectivity index (χ0n) is 10.3. The third kappa shape index (κ3) is 4.18. The standard InChI is InChI=1S/C13H18N2O2/c1-10(2)8-15(3)13(16)9-17-12-7-5-4-6-11(12)14/h4-7H,1,8-9,14H2,2-3H3. The molecule has 0 spiro atoms. The molecule has 0 saturated heterocycles. The van der Waals surface area contributed by atoms with Gasteiger partial charge in [-0.2, -0.15) is 0 Å². The minimum Gasteiger partial charge on any atom is -0.482 e. The predicted molar refractivity (Wildman–Crippen MR) is 68.8 cm³/mol. The Labute approximate surface area is 102 Å². The van der Waals surface area contributed by atoms with Gasteiger partial charge in [0.15, 0.2) is 6.61 Å². The van der Waals surface area contributed by atoms with Crippen molar-refractivity contribution in [3.8, 4) is 5.75 Å². The minimum atomic E-state index is -0.101. The van der Waals surface area contributed by atoms with E-state index in [1.54, 1.807) is 24.1 Å². The van der Waals surface area contributed by atoms with E-state index in [0.717, 1.165) is 5.57 Å². The molecule has 1 amide bonds. The average molecular weight is 234 g/mol. The Morgan fingerprint density at radius 3 is 2.71 bits per heavy atom. The number of anilines is 1. The van der Waals surface area contributed by atoms with E-state index >= 15 is 0 Å². The number of carbonyl (C=O) groups excluding carboxylic acids is 1. The topological polar surface area (TPSA) is 55.6 Å². The van der Waals surface area contributed by atoms with Gasteiger partial charge in [0.1, 0.15) is 5.75 Å². The van der Waals surface area contributed by atoms with E-state index < -0.39 is 0 Å². The SMILES string of the molecule is C=C(C)CN(C)C(=O)COc1ccccc1N. The smallest absolute Gasteiger partial charge is 0.260 e. The number of rotatable bonds is 5. The number of ether oxygens (including phenoxy) is 1. The predicted octanol–water partition coefficient (Wildman–Crippen LogP) is 1.68. The van der Waals surface area contributed by atoms with Crippen LogP contribution in [0.2, 0.25) is 0 Å². The molecule has 4 heteroatoms. The van der Waals surface area contributed by atoms with Crippen LogP contribution in [-0.2, 0) is 4.79 Å². The van der Waals surface area contributed by atoms with Crippen LogP contribution in [0.15, 0.2) is 36.4 Å². The molecular weight excluding hydrogens is 216 g/mol. The van der Waals surface area contributed by atoms with Crippen LogP contribution in [0.4, 0.5) is 5.69 Å². The highest BCUT2D eigenvalue weighted by Gasteiger charge is 2.10. The number of amides is 1. The van der Waals surface area contributed by atoms with Crippen LogP contribution in [0.25, 0.3) is 0 Å². The fourth-order valence-electron chi connectivity index (χ4n) is 1.35. The van der Waals surface area contributed by atoms with Crippen LogP contribution in [0.5, 0.6) is 5.75 Å². The Kier molecular flexibility index (Phi) is 4.57. The van der Waals surface area contributed by atoms with Crippen LogP contribution >= 0.6 is 0 Å². The van der Waals surface area contributed by atoms with Crippen LogP contribution in [0.1, 0.15) is 6.92 Å². The molecule has 4 nitrogen and oxygen atoms in total. The Hall–Kier alpha value is -1.97. The van der Waals surface area contributed by atoms with Gasteiger partial charge in [-0.05, 0) is 19.1 Å². The zero-order valence-corrected chi connectivity index (χ0v) is 10.3. The maximum atomic E-state index is 11.7. The molecular formula is C13H18N2O2. The molecule has 1 aromatic rings. The molecule has 0 unspecified atom stereocenters. The number of para-hydroxylation sites is 2. The molecule has 0 aromatic heterocycles. The molecule has 0 atom stereocenters. The number of nitrogen functional groups attached to an aromatic ring is 1. The molecule has 0 bridgehead atoms. The normalized spacial score (nSPS) is 9.76. The molecule has 0 saturated carbocycles. The lowest BCUT2D eigenvalue weighted by molar-refractivity contribution is -0.131. The summed E-state index contributed by atoms with van der Waals surface area (Å²) in [7, 11) is 1.72. The summed E-state index contributed by atoms with van der Waals surface area (Å²) in [6.45, 7) is 6.15. The highest BCUT2D eigenvalue weighted by molar-refractivity contribution is 5.78. The second-order valence-corrected chi connectivity index (χ2v) is 4.03. The van der Waals surface area contributed by atoms with Crippen LogP contribution < -0.4 is 10.5 Å². The van der Waals surface area contributed by atoms with Crippen molar-refractivity contribution < 1.29 is 9.53 Å². The first kappa shape index (κ1) is 13.1. The van der Waals surface area contributed by atoms with Gasteiger partial charge >= 0.3 is 0 Å². The summed E-state index contributed by atoms with van der Waals surface area (Å²) in [5.41, 5.74) is 7.16. The number of benzene rings is 1. The van der Waals surface area contributed by atoms with Crippen molar-refractivity contribution in [3.63, 3.8) is 0 Å². The van der Waals surface area contributed by atoms with E-state index in [0.29, 0.717) is 18.0 Å². The van der Waals surface area contributed by atoms with Crippen LogP contribution in [0.3, 0.4) is 0 Å². The lowest BCUT2D eigenvalue weighted by atomic mass is 10.3. The van der Waals surface area contributed by atoms with Crippen molar-refractivity contribution in [2.45, 2.75) is 6.92 Å². The number of carbonyl (C=O) groups is 1. The van der Waals surface area contributed by atoms with Gasteiger partial charge < -0.3 is 15.4 Å². The summed E-state index contributed by atoms with van der Waals surface area (Å²) in [6.07, 6.45) is 0. The van der Waals surface area contributed by atoms with E-state index in [1.807, 2.05) is 19.1 Å². The molecule has 0 aliphatic heterocycles. The lowest BCUT2D eigenvalue weighted by Crippen LogP contribution is -2.32. The molecule has 17 heavy (non-hydrogen) atoms. The quantitative estimate of drug-likeness (QED) is 0.623. The van der Waals surface area contributed by atoms with Gasteiger partial charge in [0.2, 0.25) is 0 Å². The van der Waals surface area contributed by atoms with E-state index in [4.69, 9.17) is 10.5 Å². The Balaban J connectivity index is 2.48. The first-order chi connectivity index (χ1) is 8.00. The molecule has 0 fully saturated rings. The second-order valence-electron chi connectivity index (χ2n) is 4.03. The summed E-state index contributed by atoms with van der Waals surface area (Å²) >= 11 is 0. The van der Waals surface area contributed by atoms with Crippen molar-refractivity contribution in [2.75, 3.05) is 25.9 Å². The van der Waals surface area contributed by atoms with Gasteiger partial charge in [-0.15, -0.1) is 0 Å². The van der Waals surface area contributed by atoms with E-state index in [-0.39, 0.29) is 12.5 Å². The van der Waals surface area contributed by atoms with Crippen molar-refractivity contribution in [1.29, 1.82) is 0 Å². The first-order valence-corrected chi connectivity index (χ1v) is 5.36. The van der Waals surface area contributed by atoms with Gasteiger partial charge in [-0.3, -0.25) is 4.79 Å². The molecule has 2 N–H and O–H groups in total. The third-order valence-corrected chi connectivity index (χ3v) is 2.20. The number of nitrogens with zero attached hydrogens (tertiary/aromatic N) is 1. The van der Waals surface area contributed by atoms with Crippen molar-refractivity contribution >= 4 is 11.6 Å². The fraction of sp³-hybridized carbons (Fsp3) is 0.308. The second kappa shape index (κ2) is 5.94. The Morgan fingerprint density at radius 1 is 1.47 bits per heavy atom. The highest BCUT2D eigenvalue weighted by Crippen LogP contribution is 2.19. The molecule has 0 heterocycles. The average Bonchev–Trinajstić information content (AvgIpc) is 2.26. The monoisotopic (exact) mass is 234 g/mol. The summed E-state index contributed by atoms with van der Waals surface area (Å²) < 4.78 is 5.36. The molecule has 92 valence electrons. The first-order valence-electron chi connectivity index (χ1n) is 5.36. The molecule has 0 aliphatic carbocycles. The number of hydrogen-bond acceptors (Lipinski definition) is 3. The van der Waals surface area contributed by atoms with Crippen molar-refractivity contribution in [2.24, 2.45) is 0 Å².